The van der Waals surface area contributed by atoms with Crippen molar-refractivity contribution in [2.24, 2.45) is 5.92 Å². The first-order valence-electron chi connectivity index (χ1n) is 7.22. The molecule has 2 aromatic rings. The molecule has 1 aliphatic carbocycles. The van der Waals surface area contributed by atoms with Gasteiger partial charge in [0.15, 0.2) is 0 Å². The number of carbonyl (C=O) groups excluding carboxylic acids is 1. The van der Waals surface area contributed by atoms with Gasteiger partial charge in [-0.3, -0.25) is 4.79 Å². The van der Waals surface area contributed by atoms with Crippen molar-refractivity contribution in [3.05, 3.63) is 65.2 Å². The summed E-state index contributed by atoms with van der Waals surface area (Å²) in [6.07, 6.45) is 0. The molecule has 0 bridgehead atoms. The fourth-order valence-corrected chi connectivity index (χ4v) is 3.65. The van der Waals surface area contributed by atoms with Gasteiger partial charge in [0.05, 0.1) is 5.92 Å². The minimum Gasteiger partial charge on any atom is -0.325 e. The molecule has 0 radical (unpaired) electrons. The summed E-state index contributed by atoms with van der Waals surface area (Å²) in [5.74, 6) is -0.729. The molecular formula is C18H17Cl2NO. The Bertz CT molecular complexity index is 712. The summed E-state index contributed by atoms with van der Waals surface area (Å²) in [7, 11) is 0. The second-order valence-electron chi connectivity index (χ2n) is 5.78. The topological polar surface area (TPSA) is 29.1 Å². The lowest BCUT2D eigenvalue weighted by molar-refractivity contribution is -0.117. The minimum absolute atomic E-state index is 0.132. The van der Waals surface area contributed by atoms with Gasteiger partial charge < -0.3 is 5.32 Å². The zero-order valence-electron chi connectivity index (χ0n) is 12.4. The number of nitrogens with one attached hydrogen (secondary N) is 1. The molecule has 0 aromatic heterocycles. The summed E-state index contributed by atoms with van der Waals surface area (Å²) < 4.78 is -1.04. The van der Waals surface area contributed by atoms with Crippen LogP contribution in [0.5, 0.6) is 0 Å². The van der Waals surface area contributed by atoms with E-state index in [9.17, 15) is 4.79 Å². The van der Waals surface area contributed by atoms with Gasteiger partial charge in [-0.05, 0) is 36.6 Å². The molecule has 2 nitrogen and oxygen atoms in total. The average molecular weight is 334 g/mol. The third-order valence-corrected chi connectivity index (χ3v) is 5.30. The van der Waals surface area contributed by atoms with Gasteiger partial charge in [0.2, 0.25) is 5.91 Å². The van der Waals surface area contributed by atoms with E-state index in [1.807, 2.05) is 62.4 Å². The van der Waals surface area contributed by atoms with Gasteiger partial charge >= 0.3 is 0 Å². The number of alkyl halides is 2. The Balaban J connectivity index is 1.80. The van der Waals surface area contributed by atoms with Crippen LogP contribution in [0.3, 0.4) is 0 Å². The van der Waals surface area contributed by atoms with Crippen LogP contribution in [0.2, 0.25) is 0 Å². The molecule has 22 heavy (non-hydrogen) atoms. The standard InChI is InChI=1S/C18H17Cl2NO/c1-11-7-6-10-14(12(11)2)21-17(22)16-15(18(16,19)20)13-8-4-3-5-9-13/h3-10,15-16H,1-2H3,(H,21,22)/t15-,16+/m0/s1. The largest absolute Gasteiger partial charge is 0.325 e. The fourth-order valence-electron chi connectivity index (χ4n) is 2.83. The van der Waals surface area contributed by atoms with Gasteiger partial charge in [-0.15, -0.1) is 23.2 Å². The number of anilines is 1. The normalized spacial score (nSPS) is 22.2. The molecule has 1 N–H and O–H groups in total. The Hall–Kier alpha value is -1.51. The Kier molecular flexibility index (Phi) is 3.92. The Labute approximate surface area is 140 Å². The van der Waals surface area contributed by atoms with Gasteiger partial charge in [0, 0.05) is 11.6 Å². The van der Waals surface area contributed by atoms with Crippen LogP contribution < -0.4 is 5.32 Å². The molecule has 114 valence electrons. The first-order valence-corrected chi connectivity index (χ1v) is 7.98. The van der Waals surface area contributed by atoms with Crippen molar-refractivity contribution in [3.63, 3.8) is 0 Å². The number of hydrogen-bond donors (Lipinski definition) is 1. The SMILES string of the molecule is Cc1cccc(NC(=O)[C@H]2[C@H](c3ccccc3)C2(Cl)Cl)c1C. The van der Waals surface area contributed by atoms with Crippen LogP contribution in [-0.4, -0.2) is 10.2 Å². The molecule has 4 heteroatoms. The Morgan fingerprint density at radius 2 is 1.73 bits per heavy atom. The van der Waals surface area contributed by atoms with E-state index in [1.54, 1.807) is 0 Å². The molecule has 0 spiro atoms. The van der Waals surface area contributed by atoms with Crippen LogP contribution in [-0.2, 0) is 4.79 Å². The Morgan fingerprint density at radius 3 is 2.41 bits per heavy atom. The van der Waals surface area contributed by atoms with Crippen molar-refractivity contribution in [3.8, 4) is 0 Å². The van der Waals surface area contributed by atoms with Crippen LogP contribution >= 0.6 is 23.2 Å². The molecule has 1 amide bonds. The number of aryl methyl sites for hydroxylation is 1. The highest BCUT2D eigenvalue weighted by molar-refractivity contribution is 6.53. The molecule has 1 aliphatic rings. The molecule has 1 fully saturated rings. The summed E-state index contributed by atoms with van der Waals surface area (Å²) in [5, 5.41) is 2.96. The summed E-state index contributed by atoms with van der Waals surface area (Å²) in [4.78, 5) is 12.6. The predicted octanol–water partition coefficient (Wildman–Crippen LogP) is 4.83. The lowest BCUT2D eigenvalue weighted by Crippen LogP contribution is -2.18. The Morgan fingerprint density at radius 1 is 1.05 bits per heavy atom. The number of amides is 1. The van der Waals surface area contributed by atoms with Crippen molar-refractivity contribution < 1.29 is 4.79 Å². The summed E-state index contributed by atoms with van der Waals surface area (Å²) >= 11 is 12.7. The highest BCUT2D eigenvalue weighted by atomic mass is 35.5. The van der Waals surface area contributed by atoms with Gasteiger partial charge in [-0.25, -0.2) is 0 Å². The molecule has 0 saturated heterocycles. The summed E-state index contributed by atoms with van der Waals surface area (Å²) in [6.45, 7) is 4.00. The van der Waals surface area contributed by atoms with E-state index in [0.717, 1.165) is 22.4 Å². The van der Waals surface area contributed by atoms with Gasteiger partial charge in [0.1, 0.15) is 4.33 Å². The number of benzene rings is 2. The smallest absolute Gasteiger partial charge is 0.231 e. The minimum atomic E-state index is -1.04. The molecule has 1 saturated carbocycles. The monoisotopic (exact) mass is 333 g/mol. The molecular weight excluding hydrogens is 317 g/mol. The van der Waals surface area contributed by atoms with E-state index in [4.69, 9.17) is 23.2 Å². The third kappa shape index (κ3) is 2.62. The molecule has 2 aromatic carbocycles. The molecule has 2 atom stereocenters. The van der Waals surface area contributed by atoms with Gasteiger partial charge in [0.25, 0.3) is 0 Å². The van der Waals surface area contributed by atoms with Gasteiger partial charge in [-0.1, -0.05) is 42.5 Å². The highest BCUT2D eigenvalue weighted by Gasteiger charge is 2.67. The maximum Gasteiger partial charge on any atom is 0.231 e. The molecule has 0 unspecified atom stereocenters. The van der Waals surface area contributed by atoms with E-state index in [1.165, 1.54) is 0 Å². The van der Waals surface area contributed by atoms with E-state index in [-0.39, 0.29) is 11.8 Å². The highest BCUT2D eigenvalue weighted by Crippen LogP contribution is 2.65. The number of hydrogen-bond acceptors (Lipinski definition) is 1. The maximum absolute atomic E-state index is 12.6. The molecule has 0 heterocycles. The first kappa shape index (κ1) is 15.4. The molecule has 3 rings (SSSR count). The van der Waals surface area contributed by atoms with E-state index < -0.39 is 10.3 Å². The summed E-state index contributed by atoms with van der Waals surface area (Å²) in [6, 6.07) is 15.5. The molecule has 0 aliphatic heterocycles. The van der Waals surface area contributed by atoms with Crippen LogP contribution in [0.4, 0.5) is 5.69 Å². The van der Waals surface area contributed by atoms with Crippen molar-refractivity contribution in [2.45, 2.75) is 24.1 Å². The van der Waals surface area contributed by atoms with Crippen molar-refractivity contribution >= 4 is 34.8 Å². The van der Waals surface area contributed by atoms with Crippen molar-refractivity contribution in [1.29, 1.82) is 0 Å². The van der Waals surface area contributed by atoms with Gasteiger partial charge in [-0.2, -0.15) is 0 Å². The quantitative estimate of drug-likeness (QED) is 0.801. The van der Waals surface area contributed by atoms with Crippen LogP contribution in [0.25, 0.3) is 0 Å². The van der Waals surface area contributed by atoms with E-state index in [0.29, 0.717) is 0 Å². The number of carbonyl (C=O) groups is 1. The fraction of sp³-hybridized carbons (Fsp3) is 0.278. The first-order chi connectivity index (χ1) is 10.4. The predicted molar refractivity (Wildman–Crippen MR) is 91.7 cm³/mol. The number of halogens is 2. The lowest BCUT2D eigenvalue weighted by Gasteiger charge is -2.10. The second-order valence-corrected chi connectivity index (χ2v) is 7.22. The number of rotatable bonds is 3. The zero-order chi connectivity index (χ0) is 15.9. The summed E-state index contributed by atoms with van der Waals surface area (Å²) in [5.41, 5.74) is 4.00. The van der Waals surface area contributed by atoms with Crippen molar-refractivity contribution in [2.75, 3.05) is 5.32 Å². The third-order valence-electron chi connectivity index (χ3n) is 4.36. The van der Waals surface area contributed by atoms with E-state index >= 15 is 0 Å². The van der Waals surface area contributed by atoms with E-state index in [2.05, 4.69) is 5.32 Å². The van der Waals surface area contributed by atoms with Crippen molar-refractivity contribution in [1.82, 2.24) is 0 Å². The van der Waals surface area contributed by atoms with Crippen LogP contribution in [0, 0.1) is 19.8 Å². The lowest BCUT2D eigenvalue weighted by atomic mass is 10.1. The van der Waals surface area contributed by atoms with Crippen LogP contribution in [0.1, 0.15) is 22.6 Å². The maximum atomic E-state index is 12.6. The zero-order valence-corrected chi connectivity index (χ0v) is 13.9. The second kappa shape index (κ2) is 5.60. The average Bonchev–Trinajstić information content (AvgIpc) is 3.07. The van der Waals surface area contributed by atoms with Crippen LogP contribution in [0.15, 0.2) is 48.5 Å².